The lowest BCUT2D eigenvalue weighted by molar-refractivity contribution is -0.0559. The highest BCUT2D eigenvalue weighted by atomic mass is 32.2. The van der Waals surface area contributed by atoms with Gasteiger partial charge in [0.05, 0.1) is 12.7 Å². The quantitative estimate of drug-likeness (QED) is 0.187. The second-order valence-electron chi connectivity index (χ2n) is 8.16. The maximum absolute atomic E-state index is 12.5. The van der Waals surface area contributed by atoms with Gasteiger partial charge in [-0.05, 0) is 6.07 Å². The third kappa shape index (κ3) is 4.91. The first-order chi connectivity index (χ1) is 16.6. The second-order valence-corrected chi connectivity index (χ2v) is 9.19. The van der Waals surface area contributed by atoms with E-state index < -0.39 is 67.1 Å². The molecule has 16 heteroatoms. The monoisotopic (exact) mass is 514 g/mol. The van der Waals surface area contributed by atoms with Gasteiger partial charge in [0.15, 0.2) is 12.5 Å². The Hall–Kier alpha value is -2.57. The number of aliphatic hydroxyl groups excluding tert-OH is 5. The molecule has 192 valence electrons. The van der Waals surface area contributed by atoms with E-state index in [1.54, 1.807) is 0 Å². The summed E-state index contributed by atoms with van der Waals surface area (Å²) in [6.07, 6.45) is -8.78. The third-order valence-corrected chi connectivity index (χ3v) is 6.89. The van der Waals surface area contributed by atoms with Crippen molar-refractivity contribution in [2.24, 2.45) is 0 Å². The van der Waals surface area contributed by atoms with Crippen LogP contribution in [0.15, 0.2) is 27.9 Å². The molecule has 2 aliphatic heterocycles. The number of ether oxygens (including phenoxy) is 2. The summed E-state index contributed by atoms with van der Waals surface area (Å²) in [4.78, 5) is 31.9. The Morgan fingerprint density at radius 3 is 2.20 bits per heavy atom. The Balaban J connectivity index is 1.48. The molecule has 0 saturated carbocycles. The standard InChI is InChI=1S/C19H26N6O9S/c20-10-1-2-24(18(31)22-10)16-14(29)13(28)9(34-16)6-35-5-7-3-11(21)23-19(32)25(7)17-15(30)12(27)8(4-26)33-17/h1-3,8-9,12-17,26-30H,4-6H2,(H2,20,22,31)(H2,21,23,32)/t8-,9-,12-,13-,14-,15-,16-,17-/m1/s1. The van der Waals surface area contributed by atoms with Gasteiger partial charge in [0.1, 0.15) is 42.2 Å². The fourth-order valence-corrected chi connectivity index (χ4v) is 5.09. The van der Waals surface area contributed by atoms with Gasteiger partial charge >= 0.3 is 11.4 Å². The summed E-state index contributed by atoms with van der Waals surface area (Å²) in [6, 6.07) is 2.75. The van der Waals surface area contributed by atoms with Gasteiger partial charge in [-0.3, -0.25) is 9.13 Å². The molecular formula is C19H26N6O9S. The molecule has 8 atom stereocenters. The summed E-state index contributed by atoms with van der Waals surface area (Å²) >= 11 is 1.20. The summed E-state index contributed by atoms with van der Waals surface area (Å²) in [6.45, 7) is -0.566. The number of nitrogens with zero attached hydrogens (tertiary/aromatic N) is 4. The van der Waals surface area contributed by atoms with E-state index in [9.17, 15) is 35.1 Å². The van der Waals surface area contributed by atoms with Crippen LogP contribution in [0, 0.1) is 0 Å². The van der Waals surface area contributed by atoms with Crippen molar-refractivity contribution in [2.45, 2.75) is 54.8 Å². The first-order valence-electron chi connectivity index (χ1n) is 10.6. The summed E-state index contributed by atoms with van der Waals surface area (Å²) in [7, 11) is 0. The van der Waals surface area contributed by atoms with Crippen LogP contribution in [-0.4, -0.2) is 93.6 Å². The SMILES string of the molecule is Nc1ccn([C@@H]2O[C@H](CSCc3cc(N)nc(=O)n3[C@@H]3O[C@H](CO)[C@@H](O)[C@H]3O)[C@@H](O)[C@H]2O)c(=O)n1. The minimum atomic E-state index is -1.50. The Morgan fingerprint density at radius 2 is 1.54 bits per heavy atom. The highest BCUT2D eigenvalue weighted by Gasteiger charge is 2.45. The molecule has 0 unspecified atom stereocenters. The maximum atomic E-state index is 12.5. The van der Waals surface area contributed by atoms with E-state index in [-0.39, 0.29) is 23.1 Å². The molecule has 0 aromatic carbocycles. The summed E-state index contributed by atoms with van der Waals surface area (Å²) in [5, 5.41) is 50.5. The fraction of sp³-hybridized carbons (Fsp3) is 0.579. The van der Waals surface area contributed by atoms with Crippen LogP contribution in [0.3, 0.4) is 0 Å². The highest BCUT2D eigenvalue weighted by molar-refractivity contribution is 7.98. The van der Waals surface area contributed by atoms with Gasteiger partial charge in [0.25, 0.3) is 0 Å². The van der Waals surface area contributed by atoms with E-state index in [4.69, 9.17) is 20.9 Å². The average Bonchev–Trinajstić information content (AvgIpc) is 3.24. The predicted molar refractivity (Wildman–Crippen MR) is 121 cm³/mol. The van der Waals surface area contributed by atoms with E-state index >= 15 is 0 Å². The van der Waals surface area contributed by atoms with Gasteiger partial charge in [0.2, 0.25) is 0 Å². The topological polar surface area (TPSA) is 241 Å². The number of thioether (sulfide) groups is 1. The molecule has 2 saturated heterocycles. The van der Waals surface area contributed by atoms with Gasteiger partial charge in [-0.15, -0.1) is 0 Å². The normalized spacial score (nSPS) is 32.8. The van der Waals surface area contributed by atoms with Crippen LogP contribution >= 0.6 is 11.8 Å². The first kappa shape index (κ1) is 25.5. The Morgan fingerprint density at radius 1 is 0.914 bits per heavy atom. The van der Waals surface area contributed by atoms with Crippen LogP contribution in [0.25, 0.3) is 0 Å². The number of nitrogens with two attached hydrogens (primary N) is 2. The summed E-state index contributed by atoms with van der Waals surface area (Å²) in [5.74, 6) is 0.184. The number of hydrogen-bond acceptors (Lipinski definition) is 14. The molecule has 0 aliphatic carbocycles. The van der Waals surface area contributed by atoms with Crippen LogP contribution in [0.1, 0.15) is 18.1 Å². The molecule has 2 fully saturated rings. The third-order valence-electron chi connectivity index (χ3n) is 5.82. The van der Waals surface area contributed by atoms with E-state index in [1.807, 2.05) is 0 Å². The van der Waals surface area contributed by atoms with Crippen molar-refractivity contribution in [2.75, 3.05) is 23.8 Å². The molecule has 0 spiro atoms. The molecule has 2 aromatic rings. The zero-order chi connectivity index (χ0) is 25.4. The minimum Gasteiger partial charge on any atom is -0.394 e. The zero-order valence-electron chi connectivity index (χ0n) is 18.2. The molecule has 9 N–H and O–H groups in total. The van der Waals surface area contributed by atoms with Crippen LogP contribution in [-0.2, 0) is 15.2 Å². The molecule has 2 aliphatic rings. The number of nitrogen functional groups attached to an aromatic ring is 2. The van der Waals surface area contributed by atoms with Crippen LogP contribution in [0.2, 0.25) is 0 Å². The van der Waals surface area contributed by atoms with Crippen molar-refractivity contribution < 1.29 is 35.0 Å². The molecule has 4 heterocycles. The van der Waals surface area contributed by atoms with Gasteiger partial charge in [-0.1, -0.05) is 0 Å². The van der Waals surface area contributed by atoms with Crippen LogP contribution in [0.5, 0.6) is 0 Å². The smallest absolute Gasteiger partial charge is 0.351 e. The van der Waals surface area contributed by atoms with Gasteiger partial charge in [0, 0.05) is 29.5 Å². The molecule has 0 amide bonds. The van der Waals surface area contributed by atoms with Crippen molar-refractivity contribution in [1.29, 1.82) is 0 Å². The second kappa shape index (κ2) is 10.2. The highest BCUT2D eigenvalue weighted by Crippen LogP contribution is 2.33. The minimum absolute atomic E-state index is 0.00301. The van der Waals surface area contributed by atoms with E-state index in [0.29, 0.717) is 5.69 Å². The first-order valence-corrected chi connectivity index (χ1v) is 11.7. The molecule has 0 bridgehead atoms. The Labute approximate surface area is 201 Å². The van der Waals surface area contributed by atoms with Gasteiger partial charge in [-0.25, -0.2) is 9.59 Å². The van der Waals surface area contributed by atoms with Crippen molar-refractivity contribution >= 4 is 23.4 Å². The van der Waals surface area contributed by atoms with E-state index in [1.165, 1.54) is 30.1 Å². The van der Waals surface area contributed by atoms with Crippen molar-refractivity contribution in [3.8, 4) is 0 Å². The van der Waals surface area contributed by atoms with Crippen LogP contribution < -0.4 is 22.8 Å². The number of aliphatic hydroxyl groups is 5. The van der Waals surface area contributed by atoms with Crippen LogP contribution in [0.4, 0.5) is 11.6 Å². The van der Waals surface area contributed by atoms with Gasteiger partial charge in [-0.2, -0.15) is 21.7 Å². The molecule has 4 rings (SSSR count). The molecule has 2 aromatic heterocycles. The Bertz CT molecular complexity index is 1180. The van der Waals surface area contributed by atoms with Crippen molar-refractivity contribution in [1.82, 2.24) is 19.1 Å². The summed E-state index contributed by atoms with van der Waals surface area (Å²) < 4.78 is 13.2. The molecule has 0 radical (unpaired) electrons. The Kier molecular flexibility index (Phi) is 7.43. The number of anilines is 2. The predicted octanol–water partition coefficient (Wildman–Crippen LogP) is -3.87. The lowest BCUT2D eigenvalue weighted by Gasteiger charge is -2.21. The molecule has 35 heavy (non-hydrogen) atoms. The van der Waals surface area contributed by atoms with E-state index in [2.05, 4.69) is 9.97 Å². The zero-order valence-corrected chi connectivity index (χ0v) is 19.0. The van der Waals surface area contributed by atoms with Crippen molar-refractivity contribution in [3.05, 3.63) is 45.0 Å². The van der Waals surface area contributed by atoms with E-state index in [0.717, 1.165) is 9.13 Å². The lowest BCUT2D eigenvalue weighted by atomic mass is 10.1. The van der Waals surface area contributed by atoms with Gasteiger partial charge < -0.3 is 46.5 Å². The largest absolute Gasteiger partial charge is 0.394 e. The number of aromatic nitrogens is 4. The molecule has 15 nitrogen and oxygen atoms in total. The fourth-order valence-electron chi connectivity index (χ4n) is 4.03. The maximum Gasteiger partial charge on any atom is 0.351 e. The molecular weight excluding hydrogens is 488 g/mol. The number of rotatable bonds is 7. The van der Waals surface area contributed by atoms with Crippen molar-refractivity contribution in [3.63, 3.8) is 0 Å². The number of hydrogen-bond donors (Lipinski definition) is 7. The average molecular weight is 515 g/mol. The summed E-state index contributed by atoms with van der Waals surface area (Å²) in [5.41, 5.74) is 9.92. The lowest BCUT2D eigenvalue weighted by Crippen LogP contribution is -2.37.